The Balaban J connectivity index is 1.48. The maximum absolute atomic E-state index is 12.9. The van der Waals surface area contributed by atoms with Gasteiger partial charge in [-0.2, -0.15) is 0 Å². The summed E-state index contributed by atoms with van der Waals surface area (Å²) in [6.07, 6.45) is 3.21. The van der Waals surface area contributed by atoms with Crippen molar-refractivity contribution < 1.29 is 21.6 Å². The first-order valence-electron chi connectivity index (χ1n) is 11.1. The summed E-state index contributed by atoms with van der Waals surface area (Å²) < 4.78 is 51.7. The molecule has 10 heteroatoms. The quantitative estimate of drug-likeness (QED) is 0.662. The van der Waals surface area contributed by atoms with E-state index in [-0.39, 0.29) is 28.0 Å². The molecule has 0 aliphatic carbocycles. The van der Waals surface area contributed by atoms with E-state index in [1.807, 2.05) is 6.07 Å². The van der Waals surface area contributed by atoms with E-state index < -0.39 is 31.8 Å². The predicted molar refractivity (Wildman–Crippen MR) is 128 cm³/mol. The van der Waals surface area contributed by atoms with E-state index in [9.17, 15) is 21.6 Å². The van der Waals surface area contributed by atoms with Crippen LogP contribution in [0.5, 0.6) is 0 Å². The second-order valence-electron chi connectivity index (χ2n) is 8.65. The molecule has 0 bridgehead atoms. The number of carbonyl (C=O) groups is 1. The fourth-order valence-electron chi connectivity index (χ4n) is 4.54. The number of sulfonamides is 1. The van der Waals surface area contributed by atoms with Crippen molar-refractivity contribution >= 4 is 31.5 Å². The summed E-state index contributed by atoms with van der Waals surface area (Å²) in [4.78, 5) is 15.1. The highest BCUT2D eigenvalue weighted by Crippen LogP contribution is 2.24. The van der Waals surface area contributed by atoms with Crippen molar-refractivity contribution in [2.45, 2.75) is 36.2 Å². The summed E-state index contributed by atoms with van der Waals surface area (Å²) in [5.74, 6) is -0.422. The monoisotopic (exact) mass is 491 g/mol. The first-order chi connectivity index (χ1) is 15.7. The van der Waals surface area contributed by atoms with Gasteiger partial charge in [-0.1, -0.05) is 24.6 Å². The third-order valence-corrected chi connectivity index (χ3v) is 9.91. The van der Waals surface area contributed by atoms with Crippen LogP contribution in [0.2, 0.25) is 0 Å². The number of para-hydroxylation sites is 1. The predicted octanol–water partition coefficient (Wildman–Crippen LogP) is 1.89. The zero-order valence-electron chi connectivity index (χ0n) is 18.6. The van der Waals surface area contributed by atoms with E-state index in [0.29, 0.717) is 5.69 Å². The largest absolute Gasteiger partial charge is 0.347 e. The number of anilines is 1. The van der Waals surface area contributed by atoms with Crippen LogP contribution in [0, 0.1) is 0 Å². The van der Waals surface area contributed by atoms with E-state index in [2.05, 4.69) is 10.2 Å². The number of hydrogen-bond donors (Lipinski definition) is 1. The Bertz CT molecular complexity index is 1190. The molecule has 2 saturated heterocycles. The first kappa shape index (κ1) is 23.7. The molecular formula is C23H29N3O5S2. The van der Waals surface area contributed by atoms with Crippen LogP contribution in [-0.4, -0.2) is 71.4 Å². The minimum atomic E-state index is -3.78. The lowest BCUT2D eigenvalue weighted by Gasteiger charge is -2.35. The lowest BCUT2D eigenvalue weighted by atomic mass is 10.0. The molecule has 0 spiro atoms. The molecule has 178 valence electrons. The second-order valence-corrected chi connectivity index (χ2v) is 12.8. The SMILES string of the molecule is CN(c1ccccc1)S(=O)(=O)c1ccc(C(=O)N[C@H]2CS(=O)(=O)C[C@H]2N2CCCCC2)cc1. The average molecular weight is 492 g/mol. The van der Waals surface area contributed by atoms with Gasteiger partial charge in [-0.05, 0) is 62.3 Å². The zero-order chi connectivity index (χ0) is 23.6. The van der Waals surface area contributed by atoms with Gasteiger partial charge in [-0.25, -0.2) is 16.8 Å². The number of likely N-dealkylation sites (tertiary alicyclic amines) is 1. The molecular weight excluding hydrogens is 462 g/mol. The van der Waals surface area contributed by atoms with Crippen molar-refractivity contribution in [2.75, 3.05) is 35.9 Å². The number of benzene rings is 2. The number of hydrogen-bond acceptors (Lipinski definition) is 6. The van der Waals surface area contributed by atoms with E-state index >= 15 is 0 Å². The summed E-state index contributed by atoms with van der Waals surface area (Å²) in [6.45, 7) is 1.68. The third-order valence-electron chi connectivity index (χ3n) is 6.39. The molecule has 8 nitrogen and oxygen atoms in total. The van der Waals surface area contributed by atoms with Gasteiger partial charge >= 0.3 is 0 Å². The molecule has 1 N–H and O–H groups in total. The maximum Gasteiger partial charge on any atom is 0.264 e. The summed E-state index contributed by atoms with van der Waals surface area (Å²) >= 11 is 0. The first-order valence-corrected chi connectivity index (χ1v) is 14.3. The highest BCUT2D eigenvalue weighted by Gasteiger charge is 2.42. The molecule has 0 aromatic heterocycles. The van der Waals surface area contributed by atoms with Gasteiger partial charge in [0.2, 0.25) is 0 Å². The minimum absolute atomic E-state index is 0.0565. The van der Waals surface area contributed by atoms with Crippen LogP contribution in [0.3, 0.4) is 0 Å². The van der Waals surface area contributed by atoms with Gasteiger partial charge in [0, 0.05) is 18.7 Å². The summed E-state index contributed by atoms with van der Waals surface area (Å²) in [6, 6.07) is 13.7. The number of rotatable bonds is 6. The van der Waals surface area contributed by atoms with Gasteiger partial charge in [0.25, 0.3) is 15.9 Å². The smallest absolute Gasteiger partial charge is 0.264 e. The highest BCUT2D eigenvalue weighted by molar-refractivity contribution is 7.92. The fourth-order valence-corrected chi connectivity index (χ4v) is 7.69. The Kier molecular flexibility index (Phi) is 6.78. The molecule has 2 fully saturated rings. The van der Waals surface area contributed by atoms with Crippen molar-refractivity contribution in [3.05, 3.63) is 60.2 Å². The summed E-state index contributed by atoms with van der Waals surface area (Å²) in [5.41, 5.74) is 0.823. The fraction of sp³-hybridized carbons (Fsp3) is 0.435. The Hall–Kier alpha value is -2.43. The van der Waals surface area contributed by atoms with Crippen LogP contribution < -0.4 is 9.62 Å². The Morgan fingerprint density at radius 1 is 0.970 bits per heavy atom. The third kappa shape index (κ3) is 5.23. The molecule has 2 heterocycles. The second kappa shape index (κ2) is 9.44. The number of sulfone groups is 1. The standard InChI is InChI=1S/C23H29N3O5S2/c1-25(19-8-4-2-5-9-19)33(30,31)20-12-10-18(11-13-20)23(27)24-21-16-32(28,29)17-22(21)26-14-6-3-7-15-26/h2,4-5,8-13,21-22H,3,6-7,14-17H2,1H3,(H,24,27)/t21-,22+/m0/s1. The summed E-state index contributed by atoms with van der Waals surface area (Å²) in [5, 5.41) is 2.89. The van der Waals surface area contributed by atoms with E-state index in [4.69, 9.17) is 0 Å². The zero-order valence-corrected chi connectivity index (χ0v) is 20.2. The molecule has 0 saturated carbocycles. The van der Waals surface area contributed by atoms with E-state index in [0.717, 1.165) is 32.4 Å². The lowest BCUT2D eigenvalue weighted by Crippen LogP contribution is -2.52. The Morgan fingerprint density at radius 3 is 2.24 bits per heavy atom. The Labute approximate surface area is 195 Å². The van der Waals surface area contributed by atoms with Crippen LogP contribution in [0.15, 0.2) is 59.5 Å². The average Bonchev–Trinajstić information content (AvgIpc) is 3.13. The molecule has 2 aliphatic heterocycles. The molecule has 2 atom stereocenters. The number of piperidine rings is 1. The van der Waals surface area contributed by atoms with Crippen LogP contribution >= 0.6 is 0 Å². The van der Waals surface area contributed by atoms with Crippen molar-refractivity contribution in [3.63, 3.8) is 0 Å². The molecule has 2 aromatic carbocycles. The van der Waals surface area contributed by atoms with E-state index in [1.54, 1.807) is 24.3 Å². The number of amides is 1. The van der Waals surface area contributed by atoms with Crippen molar-refractivity contribution in [1.82, 2.24) is 10.2 Å². The topological polar surface area (TPSA) is 104 Å². The van der Waals surface area contributed by atoms with Gasteiger partial charge in [0.05, 0.1) is 28.1 Å². The lowest BCUT2D eigenvalue weighted by molar-refractivity contribution is 0.0900. The number of nitrogens with zero attached hydrogens (tertiary/aromatic N) is 2. The van der Waals surface area contributed by atoms with Gasteiger partial charge in [0.15, 0.2) is 9.84 Å². The Morgan fingerprint density at radius 2 is 1.61 bits per heavy atom. The normalized spacial score (nSPS) is 23.2. The van der Waals surface area contributed by atoms with Crippen LogP contribution in [0.1, 0.15) is 29.6 Å². The molecule has 0 radical (unpaired) electrons. The van der Waals surface area contributed by atoms with Crippen molar-refractivity contribution in [3.8, 4) is 0 Å². The molecule has 2 aromatic rings. The van der Waals surface area contributed by atoms with Crippen LogP contribution in [0.4, 0.5) is 5.69 Å². The van der Waals surface area contributed by atoms with Crippen molar-refractivity contribution in [1.29, 1.82) is 0 Å². The van der Waals surface area contributed by atoms with Gasteiger partial charge < -0.3 is 5.32 Å². The van der Waals surface area contributed by atoms with Gasteiger partial charge in [-0.15, -0.1) is 0 Å². The number of nitrogens with one attached hydrogen (secondary N) is 1. The maximum atomic E-state index is 12.9. The van der Waals surface area contributed by atoms with Crippen LogP contribution in [0.25, 0.3) is 0 Å². The van der Waals surface area contributed by atoms with Gasteiger partial charge in [-0.3, -0.25) is 14.0 Å². The molecule has 0 unspecified atom stereocenters. The minimum Gasteiger partial charge on any atom is -0.347 e. The highest BCUT2D eigenvalue weighted by atomic mass is 32.2. The van der Waals surface area contributed by atoms with Crippen molar-refractivity contribution in [2.24, 2.45) is 0 Å². The molecule has 2 aliphatic rings. The van der Waals surface area contributed by atoms with Gasteiger partial charge in [0.1, 0.15) is 0 Å². The summed E-state index contributed by atoms with van der Waals surface area (Å²) in [7, 11) is -5.53. The molecule has 1 amide bonds. The number of carbonyl (C=O) groups excluding carboxylic acids is 1. The van der Waals surface area contributed by atoms with E-state index in [1.165, 1.54) is 35.6 Å². The molecule has 33 heavy (non-hydrogen) atoms. The molecule has 4 rings (SSSR count). The van der Waals surface area contributed by atoms with Crippen LogP contribution in [-0.2, 0) is 19.9 Å².